The monoisotopic (exact) mass is 316 g/mol. The molecule has 2 aromatic carbocycles. The van der Waals surface area contributed by atoms with Crippen molar-refractivity contribution in [2.75, 3.05) is 6.26 Å². The van der Waals surface area contributed by atoms with E-state index >= 15 is 0 Å². The molecule has 0 spiro atoms. The summed E-state index contributed by atoms with van der Waals surface area (Å²) in [6.07, 6.45) is 1.96. The number of hydrogen-bond acceptors (Lipinski definition) is 3. The summed E-state index contributed by atoms with van der Waals surface area (Å²) in [5.41, 5.74) is 2.54. The molecule has 5 heteroatoms. The number of benzene rings is 2. The number of imidazole rings is 1. The topological polar surface area (TPSA) is 34.9 Å². The molecular weight excluding hydrogens is 304 g/mol. The average Bonchev–Trinajstić information content (AvgIpc) is 2.86. The molecule has 0 aliphatic rings. The van der Waals surface area contributed by atoms with Gasteiger partial charge in [0.05, 0.1) is 17.6 Å². The van der Waals surface area contributed by atoms with E-state index < -0.39 is 0 Å². The maximum atomic E-state index is 12.4. The van der Waals surface area contributed by atoms with Gasteiger partial charge in [0.1, 0.15) is 0 Å². The molecule has 0 unspecified atom stereocenters. The molecule has 0 saturated carbocycles. The van der Waals surface area contributed by atoms with E-state index in [-0.39, 0.29) is 12.3 Å². The Morgan fingerprint density at radius 1 is 1.19 bits per heavy atom. The molecule has 3 rings (SSSR count). The normalized spacial score (nSPS) is 11.0. The van der Waals surface area contributed by atoms with E-state index in [1.165, 1.54) is 11.8 Å². The second-order valence-corrected chi connectivity index (χ2v) is 5.81. The molecule has 3 aromatic rings. The van der Waals surface area contributed by atoms with Crippen molar-refractivity contribution in [2.24, 2.45) is 0 Å². The van der Waals surface area contributed by atoms with Crippen molar-refractivity contribution in [3.63, 3.8) is 0 Å². The van der Waals surface area contributed by atoms with Crippen LogP contribution in [0.15, 0.2) is 53.7 Å². The van der Waals surface area contributed by atoms with E-state index in [1.54, 1.807) is 24.3 Å². The van der Waals surface area contributed by atoms with E-state index in [0.717, 1.165) is 16.2 Å². The zero-order valence-electron chi connectivity index (χ0n) is 11.4. The third-order valence-corrected chi connectivity index (χ3v) is 4.20. The quantitative estimate of drug-likeness (QED) is 0.532. The number of carbonyl (C=O) groups excluding carboxylic acids is 1. The van der Waals surface area contributed by atoms with Crippen molar-refractivity contribution >= 4 is 40.2 Å². The second-order valence-electron chi connectivity index (χ2n) is 4.60. The fraction of sp³-hybridized carbons (Fsp3) is 0.125. The Labute approximate surface area is 131 Å². The van der Waals surface area contributed by atoms with E-state index in [1.807, 2.05) is 35.1 Å². The Balaban J connectivity index is 1.97. The number of para-hydroxylation sites is 2. The largest absolute Gasteiger partial charge is 0.311 e. The number of Topliss-reactive ketones (excluding diaryl/α,β-unsaturated/α-hetero) is 1. The van der Waals surface area contributed by atoms with Gasteiger partial charge in [-0.15, -0.1) is 0 Å². The lowest BCUT2D eigenvalue weighted by Gasteiger charge is -2.07. The van der Waals surface area contributed by atoms with E-state index in [2.05, 4.69) is 4.98 Å². The van der Waals surface area contributed by atoms with Crippen LogP contribution in [0.2, 0.25) is 5.02 Å². The number of ketones is 1. The van der Waals surface area contributed by atoms with Crippen molar-refractivity contribution in [3.8, 4) is 0 Å². The molecule has 0 saturated heterocycles. The fourth-order valence-electron chi connectivity index (χ4n) is 2.23. The Kier molecular flexibility index (Phi) is 3.99. The summed E-state index contributed by atoms with van der Waals surface area (Å²) in [6.45, 7) is 0.276. The minimum atomic E-state index is 0.0464. The SMILES string of the molecule is CSc1nc2ccccc2n1CC(=O)c1ccc(Cl)cc1. The first-order valence-corrected chi connectivity index (χ1v) is 8.07. The van der Waals surface area contributed by atoms with Crippen molar-refractivity contribution in [3.05, 3.63) is 59.1 Å². The molecular formula is C16H13ClN2OS. The first-order chi connectivity index (χ1) is 10.2. The lowest BCUT2D eigenvalue weighted by molar-refractivity contribution is 0.0970. The first-order valence-electron chi connectivity index (χ1n) is 6.47. The van der Waals surface area contributed by atoms with Gasteiger partial charge in [-0.2, -0.15) is 0 Å². The molecule has 1 aromatic heterocycles. The van der Waals surface area contributed by atoms with E-state index in [4.69, 9.17) is 11.6 Å². The van der Waals surface area contributed by atoms with Crippen LogP contribution in [0.3, 0.4) is 0 Å². The van der Waals surface area contributed by atoms with Gasteiger partial charge in [0.25, 0.3) is 0 Å². The molecule has 1 heterocycles. The number of nitrogens with zero attached hydrogens (tertiary/aromatic N) is 2. The summed E-state index contributed by atoms with van der Waals surface area (Å²) in [7, 11) is 0. The molecule has 0 atom stereocenters. The lowest BCUT2D eigenvalue weighted by Crippen LogP contribution is -2.11. The number of rotatable bonds is 4. The van der Waals surface area contributed by atoms with E-state index in [9.17, 15) is 4.79 Å². The highest BCUT2D eigenvalue weighted by molar-refractivity contribution is 7.98. The first kappa shape index (κ1) is 14.2. The smallest absolute Gasteiger partial charge is 0.182 e. The zero-order chi connectivity index (χ0) is 14.8. The van der Waals surface area contributed by atoms with Gasteiger partial charge in [0, 0.05) is 10.6 Å². The van der Waals surface area contributed by atoms with Crippen LogP contribution in [0.5, 0.6) is 0 Å². The van der Waals surface area contributed by atoms with Crippen LogP contribution in [-0.2, 0) is 6.54 Å². The molecule has 0 bridgehead atoms. The van der Waals surface area contributed by atoms with Crippen LogP contribution in [0.25, 0.3) is 11.0 Å². The standard InChI is InChI=1S/C16H13ClN2OS/c1-21-16-18-13-4-2-3-5-14(13)19(16)10-15(20)11-6-8-12(17)9-7-11/h2-9H,10H2,1H3. The van der Waals surface area contributed by atoms with Gasteiger partial charge in [-0.25, -0.2) is 4.98 Å². The van der Waals surface area contributed by atoms with E-state index in [0.29, 0.717) is 10.6 Å². The number of thioether (sulfide) groups is 1. The van der Waals surface area contributed by atoms with Crippen LogP contribution in [0.4, 0.5) is 0 Å². The summed E-state index contributed by atoms with van der Waals surface area (Å²) in [4.78, 5) is 17.0. The molecule has 0 N–H and O–H groups in total. The number of aromatic nitrogens is 2. The third kappa shape index (κ3) is 2.82. The van der Waals surface area contributed by atoms with Gasteiger partial charge in [0.15, 0.2) is 10.9 Å². The third-order valence-electron chi connectivity index (χ3n) is 3.27. The summed E-state index contributed by atoms with van der Waals surface area (Å²) < 4.78 is 1.96. The maximum Gasteiger partial charge on any atom is 0.182 e. The Morgan fingerprint density at radius 2 is 1.90 bits per heavy atom. The minimum absolute atomic E-state index is 0.0464. The predicted molar refractivity (Wildman–Crippen MR) is 87.3 cm³/mol. The molecule has 0 radical (unpaired) electrons. The molecule has 21 heavy (non-hydrogen) atoms. The zero-order valence-corrected chi connectivity index (χ0v) is 13.0. The van der Waals surface area contributed by atoms with Crippen molar-refractivity contribution < 1.29 is 4.79 Å². The van der Waals surface area contributed by atoms with Crippen molar-refractivity contribution in [1.82, 2.24) is 9.55 Å². The van der Waals surface area contributed by atoms with Gasteiger partial charge in [-0.05, 0) is 42.7 Å². The lowest BCUT2D eigenvalue weighted by atomic mass is 10.1. The van der Waals surface area contributed by atoms with Crippen LogP contribution < -0.4 is 0 Å². The molecule has 0 amide bonds. The van der Waals surface area contributed by atoms with Crippen LogP contribution >= 0.6 is 23.4 Å². The highest BCUT2D eigenvalue weighted by Gasteiger charge is 2.14. The fourth-order valence-corrected chi connectivity index (χ4v) is 2.93. The second kappa shape index (κ2) is 5.92. The number of fused-ring (bicyclic) bond motifs is 1. The highest BCUT2D eigenvalue weighted by atomic mass is 35.5. The Morgan fingerprint density at radius 3 is 2.62 bits per heavy atom. The molecule has 0 aliphatic carbocycles. The van der Waals surface area contributed by atoms with Gasteiger partial charge < -0.3 is 4.57 Å². The van der Waals surface area contributed by atoms with Gasteiger partial charge in [-0.1, -0.05) is 35.5 Å². The molecule has 106 valence electrons. The number of halogens is 1. The van der Waals surface area contributed by atoms with Gasteiger partial charge in [-0.3, -0.25) is 4.79 Å². The van der Waals surface area contributed by atoms with Gasteiger partial charge in [0.2, 0.25) is 0 Å². The molecule has 3 nitrogen and oxygen atoms in total. The highest BCUT2D eigenvalue weighted by Crippen LogP contribution is 2.23. The van der Waals surface area contributed by atoms with Crippen LogP contribution in [0.1, 0.15) is 10.4 Å². The maximum absolute atomic E-state index is 12.4. The predicted octanol–water partition coefficient (Wildman–Crippen LogP) is 4.29. The van der Waals surface area contributed by atoms with Crippen LogP contribution in [0, 0.1) is 0 Å². The summed E-state index contributed by atoms with van der Waals surface area (Å²) in [6, 6.07) is 14.8. The van der Waals surface area contributed by atoms with Crippen LogP contribution in [-0.4, -0.2) is 21.6 Å². The Bertz CT molecular complexity index is 796. The van der Waals surface area contributed by atoms with Crippen molar-refractivity contribution in [1.29, 1.82) is 0 Å². The average molecular weight is 317 g/mol. The summed E-state index contributed by atoms with van der Waals surface area (Å²) >= 11 is 7.39. The van der Waals surface area contributed by atoms with Gasteiger partial charge >= 0.3 is 0 Å². The van der Waals surface area contributed by atoms with Crippen molar-refractivity contribution in [2.45, 2.75) is 11.7 Å². The number of carbonyl (C=O) groups is 1. The Hall–Kier alpha value is -1.78. The minimum Gasteiger partial charge on any atom is -0.311 e. The summed E-state index contributed by atoms with van der Waals surface area (Å²) in [5.74, 6) is 0.0464. The number of hydrogen-bond donors (Lipinski definition) is 0. The summed E-state index contributed by atoms with van der Waals surface area (Å²) in [5, 5.41) is 1.47. The molecule has 0 fully saturated rings. The molecule has 0 aliphatic heterocycles.